The molecule has 0 amide bonds. The predicted molar refractivity (Wildman–Crippen MR) is 81.8 cm³/mol. The van der Waals surface area contributed by atoms with Gasteiger partial charge in [-0.3, -0.25) is 0 Å². The van der Waals surface area contributed by atoms with E-state index in [4.69, 9.17) is 10.5 Å². The molecule has 3 rings (SSSR count). The fourth-order valence-electron chi connectivity index (χ4n) is 2.88. The lowest BCUT2D eigenvalue weighted by molar-refractivity contribution is 0.270. The van der Waals surface area contributed by atoms with Crippen molar-refractivity contribution >= 4 is 0 Å². The van der Waals surface area contributed by atoms with Gasteiger partial charge >= 0.3 is 0 Å². The van der Waals surface area contributed by atoms with Crippen LogP contribution in [0, 0.1) is 5.41 Å². The Hall–Kier alpha value is -1.94. The number of para-hydroxylation sites is 1. The van der Waals surface area contributed by atoms with Gasteiger partial charge in [0.25, 0.3) is 0 Å². The summed E-state index contributed by atoms with van der Waals surface area (Å²) in [5.74, 6) is 1.54. The Kier molecular flexibility index (Phi) is 3.64. The summed E-state index contributed by atoms with van der Waals surface area (Å²) < 4.78 is 5.71. The van der Waals surface area contributed by atoms with E-state index < -0.39 is 0 Å². The number of ether oxygens (including phenoxy) is 1. The monoisotopic (exact) mass is 283 g/mol. The largest absolute Gasteiger partial charge is 0.486 e. The third-order valence-corrected chi connectivity index (χ3v) is 3.88. The number of hydrogen-bond acceptors (Lipinski definition) is 4. The Bertz CT molecular complexity index is 625. The van der Waals surface area contributed by atoms with Crippen molar-refractivity contribution in [1.82, 2.24) is 9.97 Å². The van der Waals surface area contributed by atoms with Crippen molar-refractivity contribution in [3.8, 4) is 5.75 Å². The summed E-state index contributed by atoms with van der Waals surface area (Å²) in [5, 5.41) is 0. The molecule has 2 N–H and O–H groups in total. The molecule has 0 saturated heterocycles. The highest BCUT2D eigenvalue weighted by molar-refractivity contribution is 5.26. The summed E-state index contributed by atoms with van der Waals surface area (Å²) in [6.45, 7) is 4.85. The number of rotatable bonds is 3. The van der Waals surface area contributed by atoms with E-state index in [1.807, 2.05) is 36.5 Å². The van der Waals surface area contributed by atoms with Gasteiger partial charge in [-0.15, -0.1) is 0 Å². The van der Waals surface area contributed by atoms with E-state index in [1.165, 1.54) is 0 Å². The molecule has 0 radical (unpaired) electrons. The highest BCUT2D eigenvalue weighted by atomic mass is 16.5. The average Bonchev–Trinajstić information content (AvgIpc) is 2.44. The summed E-state index contributed by atoms with van der Waals surface area (Å²) >= 11 is 0. The normalized spacial score (nSPS) is 19.9. The standard InChI is InChI=1S/C17H21N3O/c1-17(2)8-14(18)13-10-19-16(20-15(13)9-17)11-21-12-6-4-3-5-7-12/h3-7,10,14H,8-9,11,18H2,1-2H3. The molecule has 4 nitrogen and oxygen atoms in total. The fourth-order valence-corrected chi connectivity index (χ4v) is 2.88. The van der Waals surface area contributed by atoms with Gasteiger partial charge in [0.15, 0.2) is 5.82 Å². The van der Waals surface area contributed by atoms with Crippen LogP contribution in [0.3, 0.4) is 0 Å². The molecule has 4 heteroatoms. The minimum atomic E-state index is 0.0350. The average molecular weight is 283 g/mol. The van der Waals surface area contributed by atoms with Gasteiger partial charge in [0.2, 0.25) is 0 Å². The second-order valence-corrected chi connectivity index (χ2v) is 6.44. The van der Waals surface area contributed by atoms with E-state index in [2.05, 4.69) is 23.8 Å². The Morgan fingerprint density at radius 1 is 1.29 bits per heavy atom. The number of nitrogens with two attached hydrogens (primary N) is 1. The van der Waals surface area contributed by atoms with Crippen molar-refractivity contribution < 1.29 is 4.74 Å². The molecule has 0 spiro atoms. The number of nitrogens with zero attached hydrogens (tertiary/aromatic N) is 2. The molecule has 1 aromatic carbocycles. The second kappa shape index (κ2) is 5.45. The SMILES string of the molecule is CC1(C)Cc2nc(COc3ccccc3)ncc2C(N)C1. The Morgan fingerprint density at radius 2 is 2.05 bits per heavy atom. The first-order valence-corrected chi connectivity index (χ1v) is 7.32. The summed E-state index contributed by atoms with van der Waals surface area (Å²) in [6.07, 6.45) is 3.78. The van der Waals surface area contributed by atoms with Crippen molar-refractivity contribution in [3.63, 3.8) is 0 Å². The lowest BCUT2D eigenvalue weighted by Crippen LogP contribution is -2.31. The number of hydrogen-bond donors (Lipinski definition) is 1. The van der Waals surface area contributed by atoms with E-state index >= 15 is 0 Å². The minimum Gasteiger partial charge on any atom is -0.486 e. The van der Waals surface area contributed by atoms with E-state index in [9.17, 15) is 0 Å². The van der Waals surface area contributed by atoms with Gasteiger partial charge in [-0.05, 0) is 30.4 Å². The topological polar surface area (TPSA) is 61.0 Å². The highest BCUT2D eigenvalue weighted by Crippen LogP contribution is 2.38. The van der Waals surface area contributed by atoms with Crippen molar-refractivity contribution in [2.45, 2.75) is 39.3 Å². The maximum atomic E-state index is 6.23. The number of fused-ring (bicyclic) bond motifs is 1. The quantitative estimate of drug-likeness (QED) is 0.940. The van der Waals surface area contributed by atoms with Gasteiger partial charge < -0.3 is 10.5 Å². The van der Waals surface area contributed by atoms with Crippen molar-refractivity contribution in [2.75, 3.05) is 0 Å². The van der Waals surface area contributed by atoms with E-state index in [0.29, 0.717) is 12.4 Å². The first-order valence-electron chi connectivity index (χ1n) is 7.32. The molecule has 1 aliphatic rings. The van der Waals surface area contributed by atoms with Crippen LogP contribution >= 0.6 is 0 Å². The Morgan fingerprint density at radius 3 is 2.81 bits per heavy atom. The third-order valence-electron chi connectivity index (χ3n) is 3.88. The van der Waals surface area contributed by atoms with Gasteiger partial charge in [0.1, 0.15) is 12.4 Å². The zero-order valence-electron chi connectivity index (χ0n) is 12.5. The van der Waals surface area contributed by atoms with Gasteiger partial charge in [-0.2, -0.15) is 0 Å². The maximum Gasteiger partial charge on any atom is 0.166 e. The van der Waals surface area contributed by atoms with E-state index in [-0.39, 0.29) is 11.5 Å². The summed E-state index contributed by atoms with van der Waals surface area (Å²) in [7, 11) is 0. The zero-order chi connectivity index (χ0) is 14.9. The van der Waals surface area contributed by atoms with Crippen LogP contribution < -0.4 is 10.5 Å². The molecule has 0 saturated carbocycles. The minimum absolute atomic E-state index is 0.0350. The number of benzene rings is 1. The molecule has 0 bridgehead atoms. The van der Waals surface area contributed by atoms with Gasteiger partial charge in [-0.25, -0.2) is 9.97 Å². The number of aromatic nitrogens is 2. The van der Waals surface area contributed by atoms with Crippen LogP contribution in [0.5, 0.6) is 5.75 Å². The van der Waals surface area contributed by atoms with Crippen LogP contribution in [0.15, 0.2) is 36.5 Å². The van der Waals surface area contributed by atoms with Crippen LogP contribution in [0.25, 0.3) is 0 Å². The molecular formula is C17H21N3O. The summed E-state index contributed by atoms with van der Waals surface area (Å²) in [4.78, 5) is 9.05. The molecule has 1 aromatic heterocycles. The zero-order valence-corrected chi connectivity index (χ0v) is 12.5. The predicted octanol–water partition coefficient (Wildman–Crippen LogP) is 3.03. The van der Waals surface area contributed by atoms with Crippen LogP contribution in [0.4, 0.5) is 0 Å². The molecule has 1 aliphatic carbocycles. The van der Waals surface area contributed by atoms with Crippen LogP contribution in [-0.2, 0) is 13.0 Å². The molecule has 2 aromatic rings. The Labute approximate surface area is 125 Å². The van der Waals surface area contributed by atoms with Gasteiger partial charge in [-0.1, -0.05) is 32.0 Å². The first kappa shape index (κ1) is 14.0. The molecule has 110 valence electrons. The molecule has 21 heavy (non-hydrogen) atoms. The smallest absolute Gasteiger partial charge is 0.166 e. The summed E-state index contributed by atoms with van der Waals surface area (Å²) in [6, 6.07) is 9.75. The summed E-state index contributed by atoms with van der Waals surface area (Å²) in [5.41, 5.74) is 8.57. The van der Waals surface area contributed by atoms with Crippen LogP contribution in [0.1, 0.15) is 43.4 Å². The third kappa shape index (κ3) is 3.22. The molecule has 1 unspecified atom stereocenters. The molecule has 1 heterocycles. The molecular weight excluding hydrogens is 262 g/mol. The van der Waals surface area contributed by atoms with Gasteiger partial charge in [0.05, 0.1) is 0 Å². The van der Waals surface area contributed by atoms with Crippen LogP contribution in [0.2, 0.25) is 0 Å². The second-order valence-electron chi connectivity index (χ2n) is 6.44. The molecule has 1 atom stereocenters. The van der Waals surface area contributed by atoms with Crippen molar-refractivity contribution in [3.05, 3.63) is 53.6 Å². The van der Waals surface area contributed by atoms with Crippen molar-refractivity contribution in [2.24, 2.45) is 11.1 Å². The molecule has 0 fully saturated rings. The first-order chi connectivity index (χ1) is 10.0. The lowest BCUT2D eigenvalue weighted by Gasteiger charge is -2.34. The van der Waals surface area contributed by atoms with E-state index in [0.717, 1.165) is 29.8 Å². The Balaban J connectivity index is 1.77. The van der Waals surface area contributed by atoms with Crippen LogP contribution in [-0.4, -0.2) is 9.97 Å². The molecule has 0 aliphatic heterocycles. The fraction of sp³-hybridized carbons (Fsp3) is 0.412. The highest BCUT2D eigenvalue weighted by Gasteiger charge is 2.31. The van der Waals surface area contributed by atoms with Crippen molar-refractivity contribution in [1.29, 1.82) is 0 Å². The van der Waals surface area contributed by atoms with E-state index in [1.54, 1.807) is 0 Å². The lowest BCUT2D eigenvalue weighted by atomic mass is 9.74. The van der Waals surface area contributed by atoms with Gasteiger partial charge in [0, 0.05) is 23.5 Å². The maximum absolute atomic E-state index is 6.23.